The lowest BCUT2D eigenvalue weighted by molar-refractivity contribution is -0.112. The second-order valence-corrected chi connectivity index (χ2v) is 5.89. The van der Waals surface area contributed by atoms with Gasteiger partial charge in [0.25, 0.3) is 5.91 Å². The lowest BCUT2D eigenvalue weighted by Gasteiger charge is -2.09. The van der Waals surface area contributed by atoms with Gasteiger partial charge in [0.2, 0.25) is 0 Å². The predicted molar refractivity (Wildman–Crippen MR) is 94.9 cm³/mol. The van der Waals surface area contributed by atoms with Crippen LogP contribution in [0.15, 0.2) is 42.0 Å². The molecule has 1 amide bonds. The van der Waals surface area contributed by atoms with Gasteiger partial charge >= 0.3 is 0 Å². The monoisotopic (exact) mass is 364 g/mol. The highest BCUT2D eigenvalue weighted by atomic mass is 35.5. The zero-order valence-corrected chi connectivity index (χ0v) is 14.3. The minimum absolute atomic E-state index is 0.112. The van der Waals surface area contributed by atoms with Gasteiger partial charge in [0.15, 0.2) is 0 Å². The highest BCUT2D eigenvalue weighted by molar-refractivity contribution is 6.37. The average molecular weight is 366 g/mol. The van der Waals surface area contributed by atoms with E-state index in [9.17, 15) is 10.1 Å². The van der Waals surface area contributed by atoms with Crippen molar-refractivity contribution in [3.05, 3.63) is 68.2 Å². The van der Waals surface area contributed by atoms with E-state index in [0.29, 0.717) is 26.3 Å². The number of nitriles is 1. The van der Waals surface area contributed by atoms with Crippen molar-refractivity contribution in [2.45, 2.75) is 6.92 Å². The minimum atomic E-state index is -0.561. The molecule has 1 N–H and O–H groups in total. The first-order valence-electron chi connectivity index (χ1n) is 6.56. The van der Waals surface area contributed by atoms with Gasteiger partial charge in [-0.1, -0.05) is 46.9 Å². The Morgan fingerprint density at radius 3 is 2.26 bits per heavy atom. The van der Waals surface area contributed by atoms with Crippen LogP contribution in [0.25, 0.3) is 6.08 Å². The molecule has 2 rings (SSSR count). The van der Waals surface area contributed by atoms with Crippen LogP contribution in [0.1, 0.15) is 11.1 Å². The SMILES string of the molecule is Cc1c(Cl)cccc1NC(=O)/C(C#N)=C/c1c(Cl)cccc1Cl. The van der Waals surface area contributed by atoms with Crippen LogP contribution in [0, 0.1) is 18.3 Å². The highest BCUT2D eigenvalue weighted by Crippen LogP contribution is 2.27. The maximum atomic E-state index is 12.3. The van der Waals surface area contributed by atoms with E-state index in [4.69, 9.17) is 34.8 Å². The second kappa shape index (κ2) is 7.52. The molecular weight excluding hydrogens is 355 g/mol. The Kier molecular flexibility index (Phi) is 5.68. The van der Waals surface area contributed by atoms with E-state index < -0.39 is 5.91 Å². The normalized spacial score (nSPS) is 11.0. The molecule has 0 heterocycles. The Labute approximate surface area is 149 Å². The van der Waals surface area contributed by atoms with Gasteiger partial charge in [-0.25, -0.2) is 0 Å². The van der Waals surface area contributed by atoms with Crippen molar-refractivity contribution in [2.75, 3.05) is 5.32 Å². The predicted octanol–water partition coefficient (Wildman–Crippen LogP) is 5.50. The van der Waals surface area contributed by atoms with Gasteiger partial charge in [0.1, 0.15) is 11.6 Å². The van der Waals surface area contributed by atoms with Crippen molar-refractivity contribution in [3.8, 4) is 6.07 Å². The van der Waals surface area contributed by atoms with E-state index in [2.05, 4.69) is 5.32 Å². The van der Waals surface area contributed by atoms with Gasteiger partial charge in [0, 0.05) is 26.3 Å². The van der Waals surface area contributed by atoms with Crippen LogP contribution in [0.2, 0.25) is 15.1 Å². The molecule has 2 aromatic carbocycles. The van der Waals surface area contributed by atoms with Crippen LogP contribution < -0.4 is 5.32 Å². The van der Waals surface area contributed by atoms with Gasteiger partial charge in [0.05, 0.1) is 0 Å². The number of rotatable bonds is 3. The van der Waals surface area contributed by atoms with Gasteiger partial charge in [-0.05, 0) is 42.8 Å². The molecule has 0 radical (unpaired) electrons. The summed E-state index contributed by atoms with van der Waals surface area (Å²) in [5.74, 6) is -0.561. The largest absolute Gasteiger partial charge is 0.321 e. The molecule has 0 aliphatic carbocycles. The first-order chi connectivity index (χ1) is 10.9. The lowest BCUT2D eigenvalue weighted by Crippen LogP contribution is -2.14. The number of carbonyl (C=O) groups is 1. The fourth-order valence-electron chi connectivity index (χ4n) is 1.87. The van der Waals surface area contributed by atoms with Crippen molar-refractivity contribution in [1.82, 2.24) is 0 Å². The molecule has 0 saturated heterocycles. The number of nitrogens with one attached hydrogen (secondary N) is 1. The number of halogens is 3. The molecule has 0 saturated carbocycles. The molecule has 0 bridgehead atoms. The molecule has 3 nitrogen and oxygen atoms in total. The van der Waals surface area contributed by atoms with Crippen molar-refractivity contribution in [3.63, 3.8) is 0 Å². The molecule has 0 unspecified atom stereocenters. The van der Waals surface area contributed by atoms with E-state index in [1.807, 2.05) is 6.07 Å². The summed E-state index contributed by atoms with van der Waals surface area (Å²) in [6.45, 7) is 1.78. The fraction of sp³-hybridized carbons (Fsp3) is 0.0588. The summed E-state index contributed by atoms with van der Waals surface area (Å²) < 4.78 is 0. The Balaban J connectivity index is 2.35. The molecule has 6 heteroatoms. The van der Waals surface area contributed by atoms with Crippen LogP contribution >= 0.6 is 34.8 Å². The quantitative estimate of drug-likeness (QED) is 0.576. The van der Waals surface area contributed by atoms with E-state index in [1.54, 1.807) is 43.3 Å². The second-order valence-electron chi connectivity index (χ2n) is 4.67. The standard InChI is InChI=1S/C17H11Cl3N2O/c1-10-13(18)4-3-7-16(10)22-17(23)11(9-21)8-12-14(19)5-2-6-15(12)20/h2-8H,1H3,(H,22,23)/b11-8+. The number of carbonyl (C=O) groups excluding carboxylic acids is 1. The number of hydrogen-bond acceptors (Lipinski definition) is 2. The van der Waals surface area contributed by atoms with Crippen molar-refractivity contribution >= 4 is 52.5 Å². The van der Waals surface area contributed by atoms with Gasteiger partial charge in [-0.15, -0.1) is 0 Å². The van der Waals surface area contributed by atoms with E-state index in [-0.39, 0.29) is 5.57 Å². The topological polar surface area (TPSA) is 52.9 Å². The van der Waals surface area contributed by atoms with E-state index in [0.717, 1.165) is 5.56 Å². The summed E-state index contributed by atoms with van der Waals surface area (Å²) >= 11 is 18.1. The summed E-state index contributed by atoms with van der Waals surface area (Å²) in [7, 11) is 0. The molecule has 0 fully saturated rings. The Morgan fingerprint density at radius 2 is 1.65 bits per heavy atom. The summed E-state index contributed by atoms with van der Waals surface area (Å²) in [4.78, 5) is 12.3. The number of hydrogen-bond donors (Lipinski definition) is 1. The van der Waals surface area contributed by atoms with Crippen molar-refractivity contribution in [2.24, 2.45) is 0 Å². The maximum Gasteiger partial charge on any atom is 0.266 e. The number of amides is 1. The molecule has 0 aromatic heterocycles. The Morgan fingerprint density at radius 1 is 1.09 bits per heavy atom. The number of nitrogens with zero attached hydrogens (tertiary/aromatic N) is 1. The number of benzene rings is 2. The smallest absolute Gasteiger partial charge is 0.266 e. The van der Waals surface area contributed by atoms with Crippen molar-refractivity contribution < 1.29 is 4.79 Å². The van der Waals surface area contributed by atoms with Crippen LogP contribution in [0.3, 0.4) is 0 Å². The zero-order chi connectivity index (χ0) is 17.0. The molecule has 0 aliphatic heterocycles. The molecule has 0 atom stereocenters. The molecule has 116 valence electrons. The summed E-state index contributed by atoms with van der Waals surface area (Å²) in [5.41, 5.74) is 1.56. The first kappa shape index (κ1) is 17.4. The molecule has 0 spiro atoms. The Hall–Kier alpha value is -1.99. The third-order valence-electron chi connectivity index (χ3n) is 3.17. The van der Waals surface area contributed by atoms with Gasteiger partial charge in [-0.2, -0.15) is 5.26 Å². The molecule has 0 aliphatic rings. The molecule has 23 heavy (non-hydrogen) atoms. The Bertz CT molecular complexity index is 818. The van der Waals surface area contributed by atoms with Crippen LogP contribution in [-0.4, -0.2) is 5.91 Å². The maximum absolute atomic E-state index is 12.3. The molecular formula is C17H11Cl3N2O. The van der Waals surface area contributed by atoms with Crippen LogP contribution in [-0.2, 0) is 4.79 Å². The van der Waals surface area contributed by atoms with Gasteiger partial charge < -0.3 is 5.32 Å². The minimum Gasteiger partial charge on any atom is -0.321 e. The molecule has 2 aromatic rings. The zero-order valence-electron chi connectivity index (χ0n) is 12.0. The summed E-state index contributed by atoms with van der Waals surface area (Å²) in [6.07, 6.45) is 1.36. The van der Waals surface area contributed by atoms with Crippen LogP contribution in [0.4, 0.5) is 5.69 Å². The average Bonchev–Trinajstić information content (AvgIpc) is 2.51. The van der Waals surface area contributed by atoms with E-state index >= 15 is 0 Å². The third kappa shape index (κ3) is 4.05. The van der Waals surface area contributed by atoms with Gasteiger partial charge in [-0.3, -0.25) is 4.79 Å². The van der Waals surface area contributed by atoms with Crippen molar-refractivity contribution in [1.29, 1.82) is 5.26 Å². The first-order valence-corrected chi connectivity index (χ1v) is 7.69. The lowest BCUT2D eigenvalue weighted by atomic mass is 10.1. The fourth-order valence-corrected chi connectivity index (χ4v) is 2.56. The highest BCUT2D eigenvalue weighted by Gasteiger charge is 2.13. The van der Waals surface area contributed by atoms with Crippen LogP contribution in [0.5, 0.6) is 0 Å². The van der Waals surface area contributed by atoms with E-state index in [1.165, 1.54) is 6.08 Å². The third-order valence-corrected chi connectivity index (χ3v) is 4.24. The summed E-state index contributed by atoms with van der Waals surface area (Å²) in [6, 6.07) is 11.9. The summed E-state index contributed by atoms with van der Waals surface area (Å²) in [5, 5.41) is 13.2. The number of anilines is 1.